The van der Waals surface area contributed by atoms with Crippen LogP contribution >= 0.6 is 11.6 Å². The van der Waals surface area contributed by atoms with Crippen molar-refractivity contribution in [3.63, 3.8) is 0 Å². The van der Waals surface area contributed by atoms with Crippen LogP contribution in [-0.4, -0.2) is 58.4 Å². The summed E-state index contributed by atoms with van der Waals surface area (Å²) in [4.78, 5) is 38.0. The highest BCUT2D eigenvalue weighted by molar-refractivity contribution is 6.31. The summed E-state index contributed by atoms with van der Waals surface area (Å²) in [5, 5.41) is 1.36. The number of hydrogen-bond acceptors (Lipinski definition) is 6. The number of nitrogens with zero attached hydrogens (tertiary/aromatic N) is 5. The lowest BCUT2D eigenvalue weighted by Gasteiger charge is -2.20. The van der Waals surface area contributed by atoms with Crippen molar-refractivity contribution in [3.05, 3.63) is 117 Å². The molecule has 3 heterocycles. The smallest absolute Gasteiger partial charge is 0.263 e. The molecule has 0 saturated heterocycles. The fourth-order valence-electron chi connectivity index (χ4n) is 4.47. The van der Waals surface area contributed by atoms with Crippen LogP contribution in [0, 0.1) is 6.92 Å². The van der Waals surface area contributed by atoms with Crippen molar-refractivity contribution in [2.75, 3.05) is 28.2 Å². The molecule has 0 fully saturated rings. The second-order valence-corrected chi connectivity index (χ2v) is 10.2. The van der Waals surface area contributed by atoms with Crippen LogP contribution in [0.1, 0.15) is 32.7 Å². The average molecular weight is 558 g/mol. The number of benzene rings is 1. The Morgan fingerprint density at radius 3 is 2.58 bits per heavy atom. The highest BCUT2D eigenvalue weighted by Gasteiger charge is 2.17. The molecular formula is C31H32ClN5O3. The molecule has 0 atom stereocenters. The van der Waals surface area contributed by atoms with E-state index in [1.54, 1.807) is 44.8 Å². The average Bonchev–Trinajstić information content (AvgIpc) is 2.91. The Bertz CT molecular complexity index is 1670. The maximum absolute atomic E-state index is 13.1. The van der Waals surface area contributed by atoms with E-state index in [-0.39, 0.29) is 24.6 Å². The van der Waals surface area contributed by atoms with Crippen LogP contribution < -0.4 is 10.3 Å². The lowest BCUT2D eigenvalue weighted by atomic mass is 10.0. The number of carbonyl (C=O) groups excluding carboxylic acids is 1. The van der Waals surface area contributed by atoms with E-state index < -0.39 is 5.56 Å². The molecule has 40 heavy (non-hydrogen) atoms. The highest BCUT2D eigenvalue weighted by Crippen LogP contribution is 2.32. The predicted molar refractivity (Wildman–Crippen MR) is 160 cm³/mol. The third-order valence-corrected chi connectivity index (χ3v) is 6.75. The first-order chi connectivity index (χ1) is 19.1. The molecule has 0 aliphatic heterocycles. The summed E-state index contributed by atoms with van der Waals surface area (Å²) in [6, 6.07) is 11.1. The number of hydrogen-bond donors (Lipinski definition) is 0. The fourth-order valence-corrected chi connectivity index (χ4v) is 4.70. The van der Waals surface area contributed by atoms with Crippen LogP contribution in [0.15, 0.2) is 78.5 Å². The molecule has 0 radical (unpaired) electrons. The Morgan fingerprint density at radius 1 is 1.10 bits per heavy atom. The van der Waals surface area contributed by atoms with Gasteiger partial charge in [0.2, 0.25) is 0 Å². The van der Waals surface area contributed by atoms with E-state index >= 15 is 0 Å². The van der Waals surface area contributed by atoms with Crippen LogP contribution in [0.25, 0.3) is 16.6 Å². The van der Waals surface area contributed by atoms with Gasteiger partial charge in [-0.25, -0.2) is 4.98 Å². The minimum absolute atomic E-state index is 0.0934. The summed E-state index contributed by atoms with van der Waals surface area (Å²) in [5.41, 5.74) is 4.71. The summed E-state index contributed by atoms with van der Waals surface area (Å²) in [6.07, 6.45) is 8.57. The summed E-state index contributed by atoms with van der Waals surface area (Å²) in [6.45, 7) is 6.12. The molecule has 4 rings (SSSR count). The van der Waals surface area contributed by atoms with E-state index in [0.29, 0.717) is 21.9 Å². The molecule has 3 aromatic heterocycles. The fraction of sp³-hybridized carbons (Fsp3) is 0.226. The molecule has 206 valence electrons. The van der Waals surface area contributed by atoms with E-state index in [1.807, 2.05) is 56.3 Å². The predicted octanol–water partition coefficient (Wildman–Crippen LogP) is 5.17. The summed E-state index contributed by atoms with van der Waals surface area (Å²) < 4.78 is 7.79. The van der Waals surface area contributed by atoms with Crippen molar-refractivity contribution in [2.24, 2.45) is 0 Å². The van der Waals surface area contributed by atoms with E-state index in [2.05, 4.69) is 11.6 Å². The quantitative estimate of drug-likeness (QED) is 0.264. The van der Waals surface area contributed by atoms with Gasteiger partial charge in [0, 0.05) is 74.7 Å². The normalized spacial score (nSPS) is 11.4. The maximum Gasteiger partial charge on any atom is 0.263 e. The number of fused-ring (bicyclic) bond motifs is 1. The lowest BCUT2D eigenvalue weighted by molar-refractivity contribution is 0.0825. The van der Waals surface area contributed by atoms with Gasteiger partial charge in [-0.3, -0.25) is 14.6 Å². The molecule has 0 bridgehead atoms. The van der Waals surface area contributed by atoms with Gasteiger partial charge in [0.05, 0.1) is 11.6 Å². The summed E-state index contributed by atoms with van der Waals surface area (Å²) in [5.74, 6) is 0.249. The number of halogens is 1. The van der Waals surface area contributed by atoms with E-state index in [1.165, 1.54) is 15.5 Å². The van der Waals surface area contributed by atoms with Crippen LogP contribution in [0.2, 0.25) is 5.02 Å². The SMILES string of the molecule is C=C/C=C(/c1cc(C)nc2c(OCc3c(Cl)cncc3Cn3cccc(C(=O)N(C)C)c3=O)cccc12)N(C)C. The second kappa shape index (κ2) is 12.2. The minimum atomic E-state index is -0.390. The van der Waals surface area contributed by atoms with Crippen LogP contribution in [0.5, 0.6) is 5.75 Å². The van der Waals surface area contributed by atoms with Gasteiger partial charge in [0.25, 0.3) is 11.5 Å². The zero-order valence-corrected chi connectivity index (χ0v) is 24.1. The third kappa shape index (κ3) is 5.92. The number of amides is 1. The van der Waals surface area contributed by atoms with Crippen molar-refractivity contribution in [3.8, 4) is 5.75 Å². The maximum atomic E-state index is 13.1. The number of allylic oxidation sites excluding steroid dienone is 2. The van der Waals surface area contributed by atoms with E-state index in [4.69, 9.17) is 21.3 Å². The van der Waals surface area contributed by atoms with Gasteiger partial charge in [0.1, 0.15) is 23.4 Å². The largest absolute Gasteiger partial charge is 0.487 e. The van der Waals surface area contributed by atoms with Gasteiger partial charge in [-0.05, 0) is 42.8 Å². The van der Waals surface area contributed by atoms with Gasteiger partial charge in [-0.1, -0.05) is 36.4 Å². The third-order valence-electron chi connectivity index (χ3n) is 6.43. The molecule has 0 aliphatic rings. The molecule has 0 spiro atoms. The molecule has 8 nitrogen and oxygen atoms in total. The van der Waals surface area contributed by atoms with Gasteiger partial charge in [0.15, 0.2) is 0 Å². The number of pyridine rings is 3. The van der Waals surface area contributed by atoms with Crippen molar-refractivity contribution in [1.82, 2.24) is 24.3 Å². The molecule has 0 N–H and O–H groups in total. The first-order valence-electron chi connectivity index (χ1n) is 12.7. The zero-order valence-electron chi connectivity index (χ0n) is 23.3. The summed E-state index contributed by atoms with van der Waals surface area (Å²) in [7, 11) is 7.20. The van der Waals surface area contributed by atoms with E-state index in [0.717, 1.165) is 27.9 Å². The van der Waals surface area contributed by atoms with E-state index in [9.17, 15) is 9.59 Å². The van der Waals surface area contributed by atoms with Crippen molar-refractivity contribution >= 4 is 34.1 Å². The van der Waals surface area contributed by atoms with Gasteiger partial charge in [-0.2, -0.15) is 0 Å². The number of carbonyl (C=O) groups is 1. The van der Waals surface area contributed by atoms with Crippen LogP contribution in [-0.2, 0) is 13.2 Å². The molecule has 9 heteroatoms. The van der Waals surface area contributed by atoms with Crippen LogP contribution in [0.3, 0.4) is 0 Å². The van der Waals surface area contributed by atoms with Crippen molar-refractivity contribution in [1.29, 1.82) is 0 Å². The number of para-hydroxylation sites is 1. The summed E-state index contributed by atoms with van der Waals surface area (Å²) >= 11 is 6.58. The number of aryl methyl sites for hydroxylation is 1. The van der Waals surface area contributed by atoms with Gasteiger partial charge < -0.3 is 19.1 Å². The molecule has 4 aromatic rings. The monoisotopic (exact) mass is 557 g/mol. The Hall–Kier alpha value is -4.43. The van der Waals surface area contributed by atoms with Crippen molar-refractivity contribution < 1.29 is 9.53 Å². The number of aromatic nitrogens is 3. The Balaban J connectivity index is 1.70. The molecule has 0 saturated carbocycles. The zero-order chi connectivity index (χ0) is 29.0. The second-order valence-electron chi connectivity index (χ2n) is 9.75. The standard InChI is InChI=1S/C31H32ClN5O3/c1-7-10-27(35(3)4)24-15-20(2)34-29-22(24)11-8-13-28(29)40-19-25-21(16-33-17-26(25)32)18-37-14-9-12-23(31(37)39)30(38)36(5)6/h7-17H,1,18-19H2,2-6H3/b27-10-. The minimum Gasteiger partial charge on any atom is -0.487 e. The topological polar surface area (TPSA) is 80.6 Å². The molecule has 0 unspecified atom stereocenters. The van der Waals surface area contributed by atoms with Crippen LogP contribution in [0.4, 0.5) is 0 Å². The first-order valence-corrected chi connectivity index (χ1v) is 13.1. The lowest BCUT2D eigenvalue weighted by Crippen LogP contribution is -2.32. The Morgan fingerprint density at radius 2 is 1.88 bits per heavy atom. The number of ether oxygens (including phenoxy) is 1. The molecule has 1 amide bonds. The van der Waals surface area contributed by atoms with Gasteiger partial charge in [-0.15, -0.1) is 0 Å². The van der Waals surface area contributed by atoms with Gasteiger partial charge >= 0.3 is 0 Å². The molecule has 1 aromatic carbocycles. The van der Waals surface area contributed by atoms with Crippen molar-refractivity contribution in [2.45, 2.75) is 20.1 Å². The first kappa shape index (κ1) is 28.6. The molecular weight excluding hydrogens is 526 g/mol. The molecule has 0 aliphatic carbocycles. The Kier molecular flexibility index (Phi) is 8.70. The highest BCUT2D eigenvalue weighted by atomic mass is 35.5. The Labute approximate surface area is 238 Å². The number of rotatable bonds is 9.